The zero-order valence-electron chi connectivity index (χ0n) is 8.43. The summed E-state index contributed by atoms with van der Waals surface area (Å²) in [5, 5.41) is 8.40. The van der Waals surface area contributed by atoms with Gasteiger partial charge < -0.3 is 5.11 Å². The van der Waals surface area contributed by atoms with E-state index in [1.807, 2.05) is 0 Å². The lowest BCUT2D eigenvalue weighted by molar-refractivity contribution is -0.142. The molecule has 18 heavy (non-hydrogen) atoms. The van der Waals surface area contributed by atoms with E-state index in [4.69, 9.17) is 5.11 Å². The highest BCUT2D eigenvalue weighted by Crippen LogP contribution is 2.37. The third-order valence-electron chi connectivity index (χ3n) is 2.02. The predicted octanol–water partition coefficient (Wildman–Crippen LogP) is 2.80. The van der Waals surface area contributed by atoms with Crippen molar-refractivity contribution in [3.05, 3.63) is 28.8 Å². The fraction of sp³-hybridized carbons (Fsp3) is 0.333. The van der Waals surface area contributed by atoms with E-state index in [9.17, 15) is 31.1 Å². The summed E-state index contributed by atoms with van der Waals surface area (Å²) in [7, 11) is 0. The number of carboxylic acid groups (broad SMARTS) is 1. The maximum atomic E-state index is 13.0. The molecular weight excluding hydrogens is 268 g/mol. The Morgan fingerprint density at radius 3 is 2.33 bits per heavy atom. The zero-order chi connectivity index (χ0) is 14.1. The lowest BCUT2D eigenvalue weighted by atomic mass is 10.0. The van der Waals surface area contributed by atoms with Crippen LogP contribution in [-0.2, 0) is 17.4 Å². The van der Waals surface area contributed by atoms with Gasteiger partial charge in [0.2, 0.25) is 5.95 Å². The minimum Gasteiger partial charge on any atom is -0.481 e. The molecule has 0 aliphatic heterocycles. The van der Waals surface area contributed by atoms with Crippen LogP contribution in [0.5, 0.6) is 0 Å². The van der Waals surface area contributed by atoms with E-state index in [1.165, 1.54) is 0 Å². The molecule has 0 saturated carbocycles. The van der Waals surface area contributed by atoms with Crippen LogP contribution >= 0.6 is 0 Å². The number of halogens is 6. The largest absolute Gasteiger partial charge is 0.481 e. The fourth-order valence-electron chi connectivity index (χ4n) is 1.36. The lowest BCUT2D eigenvalue weighted by Crippen LogP contribution is -2.18. The second-order valence-electron chi connectivity index (χ2n) is 3.23. The monoisotopic (exact) mass is 273 g/mol. The van der Waals surface area contributed by atoms with Gasteiger partial charge in [0.25, 0.3) is 6.43 Å². The van der Waals surface area contributed by atoms with Gasteiger partial charge in [-0.2, -0.15) is 17.6 Å². The number of rotatable bonds is 3. The van der Waals surface area contributed by atoms with Crippen molar-refractivity contribution in [1.82, 2.24) is 4.98 Å². The van der Waals surface area contributed by atoms with Gasteiger partial charge in [-0.1, -0.05) is 0 Å². The number of alkyl halides is 5. The Morgan fingerprint density at radius 2 is 1.94 bits per heavy atom. The lowest BCUT2D eigenvalue weighted by Gasteiger charge is -2.15. The average Bonchev–Trinajstić information content (AvgIpc) is 2.13. The number of carboxylic acids is 1. The van der Waals surface area contributed by atoms with Crippen LogP contribution < -0.4 is 0 Å². The van der Waals surface area contributed by atoms with E-state index >= 15 is 0 Å². The second kappa shape index (κ2) is 4.83. The van der Waals surface area contributed by atoms with E-state index < -0.39 is 47.6 Å². The van der Waals surface area contributed by atoms with Gasteiger partial charge in [-0.3, -0.25) is 4.79 Å². The van der Waals surface area contributed by atoms with Gasteiger partial charge in [0, 0.05) is 11.8 Å². The van der Waals surface area contributed by atoms with Crippen LogP contribution in [0.15, 0.2) is 6.20 Å². The molecule has 1 N–H and O–H groups in total. The normalized spacial score (nSPS) is 11.9. The maximum absolute atomic E-state index is 13.0. The third kappa shape index (κ3) is 2.90. The van der Waals surface area contributed by atoms with Gasteiger partial charge in [-0.25, -0.2) is 13.8 Å². The van der Waals surface area contributed by atoms with Crippen LogP contribution in [0.2, 0.25) is 0 Å². The van der Waals surface area contributed by atoms with Crippen LogP contribution in [0, 0.1) is 5.95 Å². The Labute approximate surface area is 96.1 Å². The van der Waals surface area contributed by atoms with Crippen LogP contribution in [-0.4, -0.2) is 16.1 Å². The molecule has 0 amide bonds. The Balaban J connectivity index is 3.55. The van der Waals surface area contributed by atoms with Gasteiger partial charge in [0.15, 0.2) is 0 Å². The first-order valence-electron chi connectivity index (χ1n) is 4.39. The van der Waals surface area contributed by atoms with Crippen molar-refractivity contribution < 1.29 is 36.2 Å². The molecule has 0 fully saturated rings. The Morgan fingerprint density at radius 1 is 1.39 bits per heavy atom. The topological polar surface area (TPSA) is 50.2 Å². The van der Waals surface area contributed by atoms with Crippen molar-refractivity contribution >= 4 is 5.97 Å². The van der Waals surface area contributed by atoms with Crippen LogP contribution in [0.1, 0.15) is 23.1 Å². The number of aromatic nitrogens is 1. The minimum absolute atomic E-state index is 0.202. The predicted molar refractivity (Wildman–Crippen MR) is 45.5 cm³/mol. The highest BCUT2D eigenvalue weighted by Gasteiger charge is 2.40. The first kappa shape index (κ1) is 14.3. The summed E-state index contributed by atoms with van der Waals surface area (Å²) in [4.78, 5) is 13.0. The molecule has 0 aromatic carbocycles. The SMILES string of the molecule is O=C(O)Cc1c(C(F)F)cnc(F)c1C(F)(F)F. The number of hydrogen-bond acceptors (Lipinski definition) is 2. The first-order chi connectivity index (χ1) is 8.14. The van der Waals surface area contributed by atoms with Crippen molar-refractivity contribution in [2.75, 3.05) is 0 Å². The molecule has 0 spiro atoms. The molecule has 0 unspecified atom stereocenters. The highest BCUT2D eigenvalue weighted by atomic mass is 19.4. The van der Waals surface area contributed by atoms with Crippen molar-refractivity contribution in [3.63, 3.8) is 0 Å². The van der Waals surface area contributed by atoms with E-state index in [2.05, 4.69) is 4.98 Å². The summed E-state index contributed by atoms with van der Waals surface area (Å²) >= 11 is 0. The van der Waals surface area contributed by atoms with E-state index in [0.717, 1.165) is 0 Å². The number of hydrogen-bond donors (Lipinski definition) is 1. The molecule has 9 heteroatoms. The molecule has 1 aromatic rings. The van der Waals surface area contributed by atoms with Crippen molar-refractivity contribution in [2.45, 2.75) is 19.0 Å². The summed E-state index contributed by atoms with van der Waals surface area (Å²) in [5.41, 5.74) is -4.62. The molecule has 3 nitrogen and oxygen atoms in total. The molecule has 0 aliphatic carbocycles. The molecule has 0 aliphatic rings. The minimum atomic E-state index is -5.30. The van der Waals surface area contributed by atoms with Gasteiger partial charge in [0.1, 0.15) is 5.56 Å². The fourth-order valence-corrected chi connectivity index (χ4v) is 1.36. The van der Waals surface area contributed by atoms with Gasteiger partial charge in [-0.15, -0.1) is 0 Å². The summed E-state index contributed by atoms with van der Waals surface area (Å²) in [6.07, 6.45) is -9.85. The Kier molecular flexibility index (Phi) is 3.82. The van der Waals surface area contributed by atoms with E-state index in [-0.39, 0.29) is 6.20 Å². The first-order valence-corrected chi connectivity index (χ1v) is 4.39. The number of carbonyl (C=O) groups is 1. The second-order valence-corrected chi connectivity index (χ2v) is 3.23. The third-order valence-corrected chi connectivity index (χ3v) is 2.02. The average molecular weight is 273 g/mol. The molecule has 1 heterocycles. The Bertz CT molecular complexity index is 471. The zero-order valence-corrected chi connectivity index (χ0v) is 8.43. The Hall–Kier alpha value is -1.80. The summed E-state index contributed by atoms with van der Waals surface area (Å²) in [5.74, 6) is -3.81. The van der Waals surface area contributed by atoms with Crippen LogP contribution in [0.3, 0.4) is 0 Å². The molecule has 1 aromatic heterocycles. The van der Waals surface area contributed by atoms with Crippen LogP contribution in [0.25, 0.3) is 0 Å². The van der Waals surface area contributed by atoms with Crippen molar-refractivity contribution in [1.29, 1.82) is 0 Å². The highest BCUT2D eigenvalue weighted by molar-refractivity contribution is 5.71. The smallest absolute Gasteiger partial charge is 0.421 e. The summed E-state index contributed by atoms with van der Waals surface area (Å²) < 4.78 is 75.3. The van der Waals surface area contributed by atoms with Crippen molar-refractivity contribution in [2.24, 2.45) is 0 Å². The van der Waals surface area contributed by atoms with E-state index in [0.29, 0.717) is 0 Å². The van der Waals surface area contributed by atoms with Gasteiger partial charge in [0.05, 0.1) is 6.42 Å². The van der Waals surface area contributed by atoms with Gasteiger partial charge in [-0.05, 0) is 5.56 Å². The standard InChI is InChI=1S/C9H5F6NO2/c10-7(11)4-2-16-8(12)6(9(13,14)15)3(4)1-5(17)18/h2,7H,1H2,(H,17,18). The molecule has 1 rings (SSSR count). The maximum Gasteiger partial charge on any atom is 0.421 e. The number of aliphatic carboxylic acids is 1. The number of pyridine rings is 1. The summed E-state index contributed by atoms with van der Waals surface area (Å²) in [6.45, 7) is 0. The van der Waals surface area contributed by atoms with Gasteiger partial charge >= 0.3 is 12.1 Å². The molecule has 0 atom stereocenters. The van der Waals surface area contributed by atoms with Crippen molar-refractivity contribution in [3.8, 4) is 0 Å². The summed E-state index contributed by atoms with van der Waals surface area (Å²) in [6, 6.07) is 0. The number of nitrogens with zero attached hydrogens (tertiary/aromatic N) is 1. The molecular formula is C9H5F6NO2. The molecule has 0 saturated heterocycles. The quantitative estimate of drug-likeness (QED) is 0.680. The molecule has 0 bridgehead atoms. The van der Waals surface area contributed by atoms with E-state index in [1.54, 1.807) is 0 Å². The van der Waals surface area contributed by atoms with Crippen LogP contribution in [0.4, 0.5) is 26.3 Å². The molecule has 100 valence electrons. The molecule has 0 radical (unpaired) electrons.